The lowest BCUT2D eigenvalue weighted by molar-refractivity contribution is -0.0418. The Balaban J connectivity index is 1.44. The van der Waals surface area contributed by atoms with Crippen molar-refractivity contribution in [1.82, 2.24) is 19.7 Å². The van der Waals surface area contributed by atoms with E-state index in [0.717, 1.165) is 5.56 Å². The zero-order chi connectivity index (χ0) is 23.2. The number of fused-ring (bicyclic) bond motifs is 2. The van der Waals surface area contributed by atoms with Gasteiger partial charge in [-0.05, 0) is 36.6 Å². The number of piperidine rings is 1. The van der Waals surface area contributed by atoms with Crippen LogP contribution >= 0.6 is 11.6 Å². The van der Waals surface area contributed by atoms with Crippen LogP contribution in [0.1, 0.15) is 34.3 Å². The van der Waals surface area contributed by atoms with Crippen molar-refractivity contribution >= 4 is 35.1 Å². The molecule has 2 aliphatic heterocycles. The molecule has 0 aliphatic carbocycles. The number of carbonyl (C=O) groups excluding carboxylic acids is 2. The van der Waals surface area contributed by atoms with Crippen LogP contribution in [0.3, 0.4) is 0 Å². The minimum Gasteiger partial charge on any atom is -0.436 e. The first-order chi connectivity index (χ1) is 15.9. The number of halogens is 2. The smallest absolute Gasteiger partial charge is 0.412 e. The molecule has 1 fully saturated rings. The molecule has 2 aliphatic rings. The van der Waals surface area contributed by atoms with Crippen molar-refractivity contribution in [2.45, 2.75) is 25.0 Å². The van der Waals surface area contributed by atoms with Crippen LogP contribution in [-0.4, -0.2) is 44.8 Å². The molecule has 0 bridgehead atoms. The number of likely N-dealkylation sites (tertiary alicyclic amines) is 1. The summed E-state index contributed by atoms with van der Waals surface area (Å²) in [5.41, 5.74) is 6.42. The minimum absolute atomic E-state index is 0.0310. The van der Waals surface area contributed by atoms with E-state index in [0.29, 0.717) is 25.9 Å². The number of carbonyl (C=O) groups is 2. The highest BCUT2D eigenvalue weighted by Crippen LogP contribution is 2.45. The molecule has 170 valence electrons. The number of benzene rings is 1. The number of amides is 2. The van der Waals surface area contributed by atoms with Gasteiger partial charge in [0.2, 0.25) is 0 Å². The van der Waals surface area contributed by atoms with Gasteiger partial charge >= 0.3 is 6.09 Å². The summed E-state index contributed by atoms with van der Waals surface area (Å²) in [6, 6.07) is 6.59. The van der Waals surface area contributed by atoms with E-state index in [-0.39, 0.29) is 40.1 Å². The van der Waals surface area contributed by atoms with Crippen molar-refractivity contribution in [1.29, 1.82) is 0 Å². The topological polar surface area (TPSA) is 115 Å². The number of hydrogen-bond acceptors (Lipinski definition) is 6. The number of nitrogens with one attached hydrogen (secondary N) is 1. The van der Waals surface area contributed by atoms with Crippen molar-refractivity contribution in [3.05, 3.63) is 70.4 Å². The van der Waals surface area contributed by atoms with Crippen molar-refractivity contribution in [2.24, 2.45) is 0 Å². The van der Waals surface area contributed by atoms with Crippen LogP contribution in [0.4, 0.5) is 20.7 Å². The Labute approximate surface area is 193 Å². The molecule has 33 heavy (non-hydrogen) atoms. The van der Waals surface area contributed by atoms with Crippen LogP contribution in [0.25, 0.3) is 0 Å². The van der Waals surface area contributed by atoms with E-state index < -0.39 is 17.5 Å². The number of anilines is 2. The van der Waals surface area contributed by atoms with Crippen LogP contribution in [0, 0.1) is 5.82 Å². The fraction of sp³-hybridized carbons (Fsp3) is 0.273. The van der Waals surface area contributed by atoms with E-state index in [1.807, 2.05) is 6.07 Å². The maximum Gasteiger partial charge on any atom is 0.412 e. The highest BCUT2D eigenvalue weighted by molar-refractivity contribution is 6.31. The summed E-state index contributed by atoms with van der Waals surface area (Å²) >= 11 is 6.01. The van der Waals surface area contributed by atoms with Gasteiger partial charge in [-0.15, -0.1) is 0 Å². The summed E-state index contributed by atoms with van der Waals surface area (Å²) in [6.45, 7) is 0.726. The summed E-state index contributed by atoms with van der Waals surface area (Å²) in [4.78, 5) is 31.2. The first kappa shape index (κ1) is 21.2. The molecule has 9 nitrogen and oxygen atoms in total. The molecule has 2 amide bonds. The monoisotopic (exact) mass is 470 g/mol. The first-order valence-corrected chi connectivity index (χ1v) is 10.7. The van der Waals surface area contributed by atoms with E-state index >= 15 is 4.39 Å². The molecule has 1 spiro atoms. The van der Waals surface area contributed by atoms with Crippen molar-refractivity contribution in [3.8, 4) is 0 Å². The number of pyridine rings is 1. The average Bonchev–Trinajstić information content (AvgIpc) is 3.16. The molecule has 2 aromatic heterocycles. The number of nitrogens with zero attached hydrogens (tertiary/aromatic N) is 4. The van der Waals surface area contributed by atoms with Gasteiger partial charge in [-0.3, -0.25) is 15.1 Å². The molecule has 11 heteroatoms. The number of hydrogen-bond donors (Lipinski definition) is 2. The molecule has 1 saturated heterocycles. The van der Waals surface area contributed by atoms with Crippen molar-refractivity contribution in [3.63, 3.8) is 0 Å². The molecule has 3 aromatic rings. The number of ether oxygens (including phenoxy) is 1. The van der Waals surface area contributed by atoms with Gasteiger partial charge in [0.05, 0.1) is 35.6 Å². The number of aromatic nitrogens is 3. The Morgan fingerprint density at radius 2 is 2.18 bits per heavy atom. The summed E-state index contributed by atoms with van der Waals surface area (Å²) in [6.07, 6.45) is 4.91. The summed E-state index contributed by atoms with van der Waals surface area (Å²) in [7, 11) is 0. The van der Waals surface area contributed by atoms with Gasteiger partial charge in [-0.1, -0.05) is 17.7 Å². The molecular formula is C22H20ClFN6O3. The number of nitrogens with two attached hydrogens (primary N) is 1. The van der Waals surface area contributed by atoms with Gasteiger partial charge in [0.15, 0.2) is 11.4 Å². The van der Waals surface area contributed by atoms with E-state index in [2.05, 4.69) is 15.4 Å². The number of rotatable bonds is 3. The highest BCUT2D eigenvalue weighted by atomic mass is 35.5. The van der Waals surface area contributed by atoms with Crippen LogP contribution in [0.2, 0.25) is 5.02 Å². The second kappa shape index (κ2) is 8.04. The van der Waals surface area contributed by atoms with Crippen LogP contribution in [0.5, 0.6) is 0 Å². The highest BCUT2D eigenvalue weighted by Gasteiger charge is 2.48. The third kappa shape index (κ3) is 3.66. The van der Waals surface area contributed by atoms with E-state index in [1.54, 1.807) is 18.5 Å². The fourth-order valence-electron chi connectivity index (χ4n) is 4.47. The largest absolute Gasteiger partial charge is 0.436 e. The standard InChI is InChI=1S/C22H20ClFN6O3/c23-15-4-5-16-17(18(15)24)22(33-21(32)28-16)6-2-8-29(12-22)20(31)14-10-27-30(19(14)25)11-13-3-1-7-26-9-13/h1,3-5,7,9-10H,2,6,8,11-12,25H2,(H,28,32)/t22-/m0/s1. The van der Waals surface area contributed by atoms with Gasteiger partial charge < -0.3 is 15.4 Å². The van der Waals surface area contributed by atoms with Crippen LogP contribution in [-0.2, 0) is 16.9 Å². The van der Waals surface area contributed by atoms with Gasteiger partial charge in [-0.25, -0.2) is 13.9 Å². The van der Waals surface area contributed by atoms with Gasteiger partial charge in [0.25, 0.3) is 5.91 Å². The Bertz CT molecular complexity index is 1250. The number of nitrogen functional groups attached to an aromatic ring is 1. The predicted octanol–water partition coefficient (Wildman–Crippen LogP) is 3.39. The third-order valence-corrected chi connectivity index (χ3v) is 6.28. The first-order valence-electron chi connectivity index (χ1n) is 10.4. The lowest BCUT2D eigenvalue weighted by atomic mass is 9.83. The molecule has 4 heterocycles. The maximum absolute atomic E-state index is 15.1. The van der Waals surface area contributed by atoms with Crippen LogP contribution in [0.15, 0.2) is 42.9 Å². The van der Waals surface area contributed by atoms with E-state index in [1.165, 1.54) is 27.9 Å². The molecular weight excluding hydrogens is 451 g/mol. The average molecular weight is 471 g/mol. The molecule has 0 saturated carbocycles. The molecule has 1 aromatic carbocycles. The SMILES string of the molecule is Nc1c(C(=O)N2CCC[C@@]3(C2)OC(=O)Nc2ccc(Cl)c(F)c23)cnn1Cc1cccnc1. The molecule has 5 rings (SSSR count). The summed E-state index contributed by atoms with van der Waals surface area (Å²) in [5, 5.41) is 6.67. The van der Waals surface area contributed by atoms with Gasteiger partial charge in [-0.2, -0.15) is 5.10 Å². The third-order valence-electron chi connectivity index (χ3n) is 5.98. The Morgan fingerprint density at radius 3 is 2.97 bits per heavy atom. The van der Waals surface area contributed by atoms with Gasteiger partial charge in [0, 0.05) is 18.9 Å². The molecule has 1 atom stereocenters. The molecule has 0 unspecified atom stereocenters. The predicted molar refractivity (Wildman–Crippen MR) is 118 cm³/mol. The van der Waals surface area contributed by atoms with Crippen molar-refractivity contribution < 1.29 is 18.7 Å². The molecule has 0 radical (unpaired) electrons. The Morgan fingerprint density at radius 1 is 1.33 bits per heavy atom. The quantitative estimate of drug-likeness (QED) is 0.606. The zero-order valence-corrected chi connectivity index (χ0v) is 18.2. The molecule has 3 N–H and O–H groups in total. The maximum atomic E-state index is 15.1. The lowest BCUT2D eigenvalue weighted by Crippen LogP contribution is -2.53. The Kier molecular flexibility index (Phi) is 5.16. The zero-order valence-electron chi connectivity index (χ0n) is 17.4. The minimum atomic E-state index is -1.35. The Hall–Kier alpha value is -3.66. The lowest BCUT2D eigenvalue weighted by Gasteiger charge is -2.45. The summed E-state index contributed by atoms with van der Waals surface area (Å²) < 4.78 is 22.2. The van der Waals surface area contributed by atoms with E-state index in [4.69, 9.17) is 22.1 Å². The van der Waals surface area contributed by atoms with Gasteiger partial charge in [0.1, 0.15) is 11.4 Å². The van der Waals surface area contributed by atoms with Crippen molar-refractivity contribution in [2.75, 3.05) is 24.1 Å². The fourth-order valence-corrected chi connectivity index (χ4v) is 4.62. The van der Waals surface area contributed by atoms with Crippen LogP contribution < -0.4 is 11.1 Å². The second-order valence-electron chi connectivity index (χ2n) is 8.09. The normalized spacial score (nSPS) is 19.7. The second-order valence-corrected chi connectivity index (χ2v) is 8.49. The van der Waals surface area contributed by atoms with E-state index in [9.17, 15) is 9.59 Å². The summed E-state index contributed by atoms with van der Waals surface area (Å²) in [5.74, 6) is -0.838.